The van der Waals surface area contributed by atoms with Crippen LogP contribution in [0.5, 0.6) is 0 Å². The molecule has 0 aromatic heterocycles. The van der Waals surface area contributed by atoms with E-state index in [-0.39, 0.29) is 0 Å². The minimum atomic E-state index is 0.427. The van der Waals surface area contributed by atoms with Crippen LogP contribution in [-0.4, -0.2) is 0 Å². The molecule has 0 N–H and O–H groups in total. The molecule has 3 rings (SSSR count). The molecule has 0 aromatic carbocycles. The quantitative estimate of drug-likeness (QED) is 0.596. The average Bonchev–Trinajstić information content (AvgIpc) is 2.84. The molecule has 0 aliphatic heterocycles. The Morgan fingerprint density at radius 3 is 2.93 bits per heavy atom. The molecule has 0 saturated heterocycles. The van der Waals surface area contributed by atoms with Crippen LogP contribution in [0.3, 0.4) is 0 Å². The fraction of sp³-hybridized carbons (Fsp3) is 0.133. The molecule has 0 spiro atoms. The molecule has 1 unspecified atom stereocenters. The first-order chi connectivity index (χ1) is 7.43. The smallest absolute Gasteiger partial charge is 0.0467 e. The van der Waals surface area contributed by atoms with E-state index in [1.807, 2.05) is 0 Å². The fourth-order valence-corrected chi connectivity index (χ4v) is 2.10. The van der Waals surface area contributed by atoms with Gasteiger partial charge < -0.3 is 0 Å². The summed E-state index contributed by atoms with van der Waals surface area (Å²) in [6.07, 6.45) is 24.0. The van der Waals surface area contributed by atoms with Crippen LogP contribution in [0.1, 0.15) is 6.42 Å². The Hall–Kier alpha value is -1.56. The predicted molar refractivity (Wildman–Crippen MR) is 63.0 cm³/mol. The molecule has 3 aliphatic rings. The van der Waals surface area contributed by atoms with Gasteiger partial charge in [-0.25, -0.2) is 0 Å². The van der Waals surface area contributed by atoms with E-state index in [1.54, 1.807) is 0 Å². The maximum absolute atomic E-state index is 3.49. The first-order valence-corrected chi connectivity index (χ1v) is 5.33. The van der Waals surface area contributed by atoms with Crippen molar-refractivity contribution in [2.24, 2.45) is 5.92 Å². The Morgan fingerprint density at radius 1 is 1.07 bits per heavy atom. The molecule has 0 saturated carbocycles. The zero-order valence-electron chi connectivity index (χ0n) is 8.48. The van der Waals surface area contributed by atoms with Gasteiger partial charge in [0.1, 0.15) is 0 Å². The van der Waals surface area contributed by atoms with Crippen molar-refractivity contribution in [2.75, 3.05) is 0 Å². The summed E-state index contributed by atoms with van der Waals surface area (Å²) in [5, 5.41) is 0. The Morgan fingerprint density at radius 2 is 2.07 bits per heavy atom. The first-order valence-electron chi connectivity index (χ1n) is 5.33. The van der Waals surface area contributed by atoms with Crippen molar-refractivity contribution in [2.45, 2.75) is 6.42 Å². The normalized spacial score (nSPS) is 27.2. The minimum absolute atomic E-state index is 0.427. The third kappa shape index (κ3) is 1.56. The van der Waals surface area contributed by atoms with Crippen molar-refractivity contribution in [1.82, 2.24) is 0 Å². The van der Waals surface area contributed by atoms with Gasteiger partial charge in [0.2, 0.25) is 0 Å². The molecule has 2 radical (unpaired) electrons. The van der Waals surface area contributed by atoms with Crippen LogP contribution < -0.4 is 0 Å². The monoisotopic (exact) mass is 192 g/mol. The van der Waals surface area contributed by atoms with E-state index in [1.165, 1.54) is 16.7 Å². The van der Waals surface area contributed by atoms with E-state index >= 15 is 0 Å². The van der Waals surface area contributed by atoms with Gasteiger partial charge >= 0.3 is 0 Å². The molecule has 0 heterocycles. The van der Waals surface area contributed by atoms with Gasteiger partial charge in [-0.05, 0) is 23.1 Å². The lowest BCUT2D eigenvalue weighted by atomic mass is 10.0. The lowest BCUT2D eigenvalue weighted by Crippen LogP contribution is -1.89. The number of allylic oxidation sites excluding steroid dienone is 12. The SMILES string of the molecule is [C]1C(C2=CC=CC2)=CC2C=CC=CC=C12. The number of hydrogen-bond acceptors (Lipinski definition) is 0. The maximum atomic E-state index is 3.49. The number of hydrogen-bond donors (Lipinski definition) is 0. The highest BCUT2D eigenvalue weighted by Crippen LogP contribution is 2.36. The zero-order chi connectivity index (χ0) is 10.1. The second-order valence-corrected chi connectivity index (χ2v) is 3.95. The minimum Gasteiger partial charge on any atom is -0.0801 e. The van der Waals surface area contributed by atoms with Gasteiger partial charge in [0.15, 0.2) is 0 Å². The van der Waals surface area contributed by atoms with Crippen LogP contribution in [0, 0.1) is 12.3 Å². The molecular weight excluding hydrogens is 180 g/mol. The van der Waals surface area contributed by atoms with Crippen LogP contribution in [-0.2, 0) is 0 Å². The predicted octanol–water partition coefficient (Wildman–Crippen LogP) is 3.56. The lowest BCUT2D eigenvalue weighted by Gasteiger charge is -2.02. The van der Waals surface area contributed by atoms with Gasteiger partial charge in [-0.15, -0.1) is 0 Å². The molecule has 0 heteroatoms. The summed E-state index contributed by atoms with van der Waals surface area (Å²) < 4.78 is 0. The highest BCUT2D eigenvalue weighted by atomic mass is 14.3. The summed E-state index contributed by atoms with van der Waals surface area (Å²) in [7, 11) is 0. The van der Waals surface area contributed by atoms with Crippen LogP contribution >= 0.6 is 0 Å². The lowest BCUT2D eigenvalue weighted by molar-refractivity contribution is 1.03. The van der Waals surface area contributed by atoms with Crippen molar-refractivity contribution in [3.63, 3.8) is 0 Å². The maximum Gasteiger partial charge on any atom is 0.0467 e. The van der Waals surface area contributed by atoms with Crippen LogP contribution in [0.2, 0.25) is 0 Å². The van der Waals surface area contributed by atoms with E-state index in [0.717, 1.165) is 6.42 Å². The van der Waals surface area contributed by atoms with Gasteiger partial charge in [-0.2, -0.15) is 0 Å². The molecule has 0 bridgehead atoms. The molecule has 0 nitrogen and oxygen atoms in total. The second-order valence-electron chi connectivity index (χ2n) is 3.95. The Bertz CT molecular complexity index is 450. The molecule has 72 valence electrons. The van der Waals surface area contributed by atoms with E-state index in [9.17, 15) is 0 Å². The first kappa shape index (κ1) is 8.72. The highest BCUT2D eigenvalue weighted by Gasteiger charge is 2.22. The average molecular weight is 192 g/mol. The molecule has 3 aliphatic carbocycles. The standard InChI is InChI=1S/C15H12/c1-2-8-13-10-15(11-14(13)9-3-1)12-6-4-5-7-12/h1-6,8-10,13H,7H2. The van der Waals surface area contributed by atoms with Crippen LogP contribution in [0.4, 0.5) is 0 Å². The largest absolute Gasteiger partial charge is 0.0801 e. The summed E-state index contributed by atoms with van der Waals surface area (Å²) >= 11 is 0. The van der Waals surface area contributed by atoms with Crippen LogP contribution in [0.15, 0.2) is 71.4 Å². The van der Waals surface area contributed by atoms with Gasteiger partial charge in [0, 0.05) is 12.3 Å². The fourth-order valence-electron chi connectivity index (χ4n) is 2.10. The Kier molecular flexibility index (Phi) is 2.06. The Balaban J connectivity index is 1.88. The molecule has 1 atom stereocenters. The second kappa shape index (κ2) is 3.54. The summed E-state index contributed by atoms with van der Waals surface area (Å²) in [4.78, 5) is 0. The van der Waals surface area contributed by atoms with Crippen molar-refractivity contribution in [1.29, 1.82) is 0 Å². The zero-order valence-corrected chi connectivity index (χ0v) is 8.48. The van der Waals surface area contributed by atoms with Gasteiger partial charge in [-0.1, -0.05) is 54.7 Å². The van der Waals surface area contributed by atoms with Crippen molar-refractivity contribution in [3.05, 3.63) is 77.8 Å². The Labute approximate surface area is 90.7 Å². The summed E-state index contributed by atoms with van der Waals surface area (Å²) in [5.41, 5.74) is 3.94. The van der Waals surface area contributed by atoms with Crippen LogP contribution in [0.25, 0.3) is 0 Å². The third-order valence-electron chi connectivity index (χ3n) is 2.92. The third-order valence-corrected chi connectivity index (χ3v) is 2.92. The van der Waals surface area contributed by atoms with Crippen molar-refractivity contribution >= 4 is 0 Å². The highest BCUT2D eigenvalue weighted by molar-refractivity contribution is 5.56. The summed E-state index contributed by atoms with van der Waals surface area (Å²) in [6.45, 7) is 0. The van der Waals surface area contributed by atoms with E-state index < -0.39 is 0 Å². The van der Waals surface area contributed by atoms with Gasteiger partial charge in [-0.3, -0.25) is 0 Å². The molecule has 0 amide bonds. The van der Waals surface area contributed by atoms with E-state index in [2.05, 4.69) is 61.1 Å². The van der Waals surface area contributed by atoms with Crippen molar-refractivity contribution in [3.8, 4) is 0 Å². The summed E-state index contributed by atoms with van der Waals surface area (Å²) in [5.74, 6) is 0.427. The van der Waals surface area contributed by atoms with E-state index in [0.29, 0.717) is 5.92 Å². The summed E-state index contributed by atoms with van der Waals surface area (Å²) in [6, 6.07) is 0. The number of rotatable bonds is 1. The van der Waals surface area contributed by atoms with E-state index in [4.69, 9.17) is 0 Å². The molecule has 15 heavy (non-hydrogen) atoms. The van der Waals surface area contributed by atoms with Gasteiger partial charge in [0.25, 0.3) is 0 Å². The number of fused-ring (bicyclic) bond motifs is 1. The van der Waals surface area contributed by atoms with Gasteiger partial charge in [0.05, 0.1) is 0 Å². The topological polar surface area (TPSA) is 0 Å². The molecule has 0 fully saturated rings. The molecular formula is C15H12. The van der Waals surface area contributed by atoms with Crippen molar-refractivity contribution < 1.29 is 0 Å². The molecule has 0 aromatic rings.